The summed E-state index contributed by atoms with van der Waals surface area (Å²) >= 11 is 0. The predicted octanol–water partition coefficient (Wildman–Crippen LogP) is -2.50. The van der Waals surface area contributed by atoms with Crippen LogP contribution in [0.15, 0.2) is 11.6 Å². The molecule has 8 fully saturated rings. The molecular weight excluding hydrogens is 1260 g/mol. The molecule has 32 nitrogen and oxygen atoms in total. The molecule has 5 saturated heterocycles. The van der Waals surface area contributed by atoms with Gasteiger partial charge in [-0.1, -0.05) is 53.2 Å². The second kappa shape index (κ2) is 25.6. The van der Waals surface area contributed by atoms with E-state index < -0.39 is 213 Å². The highest BCUT2D eigenvalue weighted by molar-refractivity contribution is 7.81. The quantitative estimate of drug-likeness (QED) is 0.0270. The van der Waals surface area contributed by atoms with Crippen molar-refractivity contribution in [1.29, 1.82) is 0 Å². The van der Waals surface area contributed by atoms with Crippen molar-refractivity contribution in [3.05, 3.63) is 11.6 Å². The number of cyclic esters (lactones) is 1. The molecule has 27 atom stereocenters. The largest absolute Gasteiger partial charge is 0.726 e. The van der Waals surface area contributed by atoms with Gasteiger partial charge in [-0.05, 0) is 74.5 Å². The van der Waals surface area contributed by atoms with Gasteiger partial charge >= 0.3 is 5.97 Å². The van der Waals surface area contributed by atoms with Gasteiger partial charge in [-0.3, -0.25) is 26.9 Å². The van der Waals surface area contributed by atoms with Gasteiger partial charge in [0.15, 0.2) is 25.2 Å². The van der Waals surface area contributed by atoms with Gasteiger partial charge in [0.05, 0.1) is 43.4 Å². The standard InChI is InChI=1S/C54H84O32S3/c1-22(2)16-24(55)17-53(8)44-27(56)18-52(7)26-10-11-31-50(4,5)32(13-14-51(31,6)25(26)12-15-54(44,52)49(64)85-53)81-48-43(35(59)30(19-75-48)86-89(71,72)73)84-45-37(61)36(60)40(23(3)78-45)82-47-39(63)42(34(58)29(80-47)21-77-88(68,69)70)83-46-38(62)41(74-9)33(57)28(79-46)20-76-87(65,66)67/h10,22-23,25,28-48,57-63H,11-21H2,1-9H3,(H,65,66,67)(H,68,69,70)(H,71,72,73)/p-3/t23-,25-,28-,29-,30-,31+,32+,33-,34-,35+,36-,37-,38-,39-,40-,41+,42+,43-,44-,45+,46+,47+,48+,51-,52+,53+,54-/m1/s1. The lowest BCUT2D eigenvalue weighted by Crippen LogP contribution is -2.67. The molecule has 0 radical (unpaired) electrons. The normalized spacial score (nSPS) is 46.7. The first-order chi connectivity index (χ1) is 41.1. The Labute approximate surface area is 514 Å². The maximum absolute atomic E-state index is 14.4. The number of allylic oxidation sites excluding steroid dienone is 2. The number of aliphatic hydroxyl groups is 7. The van der Waals surface area contributed by atoms with E-state index >= 15 is 0 Å². The summed E-state index contributed by atoms with van der Waals surface area (Å²) in [5.74, 6) is -1.62. The van der Waals surface area contributed by atoms with E-state index in [4.69, 9.17) is 47.4 Å². The number of hydrogen-bond acceptors (Lipinski definition) is 32. The molecule has 0 aromatic carbocycles. The molecule has 0 aromatic rings. The molecule has 9 rings (SSSR count). The zero-order chi connectivity index (χ0) is 65.8. The van der Waals surface area contributed by atoms with Gasteiger partial charge < -0.3 is 96.8 Å². The predicted molar refractivity (Wildman–Crippen MR) is 287 cm³/mol. The Bertz CT molecular complexity index is 3000. The highest BCUT2D eigenvalue weighted by Gasteiger charge is 2.79. The number of ketones is 2. The maximum Gasteiger partial charge on any atom is 0.314 e. The lowest BCUT2D eigenvalue weighted by Gasteiger charge is -2.63. The van der Waals surface area contributed by atoms with Gasteiger partial charge in [0.2, 0.25) is 31.2 Å². The van der Waals surface area contributed by atoms with Crippen LogP contribution in [0.25, 0.3) is 0 Å². The Balaban J connectivity index is 0.918. The number of ether oxygens (including phenoxy) is 10. The van der Waals surface area contributed by atoms with Crippen molar-refractivity contribution in [2.45, 2.75) is 235 Å². The smallest absolute Gasteiger partial charge is 0.314 e. The van der Waals surface area contributed by atoms with E-state index in [2.05, 4.69) is 25.5 Å². The number of Topliss-reactive ketones (excluding diaryl/α,β-unsaturated/α-hetero) is 2. The fourth-order valence-electron chi connectivity index (χ4n) is 16.4. The Kier molecular flexibility index (Phi) is 20.4. The van der Waals surface area contributed by atoms with Gasteiger partial charge in [-0.2, -0.15) is 0 Å². The maximum atomic E-state index is 14.4. The van der Waals surface area contributed by atoms with E-state index in [9.17, 15) is 89.0 Å². The van der Waals surface area contributed by atoms with E-state index in [1.54, 1.807) is 6.92 Å². The third-order valence-electron chi connectivity index (χ3n) is 20.4. The van der Waals surface area contributed by atoms with Crippen molar-refractivity contribution >= 4 is 48.7 Å². The summed E-state index contributed by atoms with van der Waals surface area (Å²) in [5, 5.41) is 80.0. The second-order valence-electron chi connectivity index (χ2n) is 26.8. The fourth-order valence-corrected chi connectivity index (χ4v) is 17.5. The van der Waals surface area contributed by atoms with Crippen LogP contribution in [0.1, 0.15) is 107 Å². The average molecular weight is 1340 g/mol. The molecule has 0 aromatic heterocycles. The average Bonchev–Trinajstić information content (AvgIpc) is 1.54. The van der Waals surface area contributed by atoms with Crippen LogP contribution in [0, 0.1) is 45.3 Å². The van der Waals surface area contributed by atoms with E-state index in [1.165, 1.54) is 6.92 Å². The minimum atomic E-state index is -5.52. The van der Waals surface area contributed by atoms with E-state index in [0.29, 0.717) is 32.1 Å². The summed E-state index contributed by atoms with van der Waals surface area (Å²) in [6.45, 7) is 11.8. The third-order valence-corrected chi connectivity index (χ3v) is 21.7. The van der Waals surface area contributed by atoms with Crippen LogP contribution >= 0.6 is 0 Å². The molecule has 0 amide bonds. The number of methoxy groups -OCH3 is 1. The van der Waals surface area contributed by atoms with Crippen molar-refractivity contribution in [3.8, 4) is 0 Å². The highest BCUT2D eigenvalue weighted by atomic mass is 32.3. The molecule has 1 spiro atoms. The first-order valence-electron chi connectivity index (χ1n) is 29.4. The lowest BCUT2D eigenvalue weighted by atomic mass is 9.41. The van der Waals surface area contributed by atoms with Crippen molar-refractivity contribution in [1.82, 2.24) is 0 Å². The van der Waals surface area contributed by atoms with Crippen LogP contribution in [0.5, 0.6) is 0 Å². The minimum absolute atomic E-state index is 0.0613. The molecule has 7 N–H and O–H groups in total. The van der Waals surface area contributed by atoms with Crippen molar-refractivity contribution < 1.29 is 149 Å². The zero-order valence-corrected chi connectivity index (χ0v) is 52.7. The van der Waals surface area contributed by atoms with Crippen molar-refractivity contribution in [2.24, 2.45) is 45.3 Å². The van der Waals surface area contributed by atoms with Crippen LogP contribution in [0.4, 0.5) is 0 Å². The number of aliphatic hydroxyl groups excluding tert-OH is 7. The van der Waals surface area contributed by atoms with E-state index in [-0.39, 0.29) is 48.6 Å². The van der Waals surface area contributed by atoms with Gasteiger partial charge in [0, 0.05) is 31.8 Å². The Hall–Kier alpha value is -2.48. The summed E-state index contributed by atoms with van der Waals surface area (Å²) in [6.07, 6.45) is -33.6. The van der Waals surface area contributed by atoms with Crippen LogP contribution in [-0.4, -0.2) is 248 Å². The van der Waals surface area contributed by atoms with Gasteiger partial charge in [-0.15, -0.1) is 0 Å². The zero-order valence-electron chi connectivity index (χ0n) is 50.3. The molecule has 510 valence electrons. The lowest BCUT2D eigenvalue weighted by molar-refractivity contribution is -0.389. The van der Waals surface area contributed by atoms with Crippen molar-refractivity contribution in [3.63, 3.8) is 0 Å². The van der Waals surface area contributed by atoms with Crippen LogP contribution in [0.2, 0.25) is 0 Å². The third kappa shape index (κ3) is 13.5. The molecule has 5 heterocycles. The summed E-state index contributed by atoms with van der Waals surface area (Å²) in [6, 6.07) is 0. The number of esters is 1. The molecule has 89 heavy (non-hydrogen) atoms. The number of fused-ring (bicyclic) bond motifs is 4. The molecule has 4 aliphatic carbocycles. The molecule has 9 aliphatic rings. The van der Waals surface area contributed by atoms with Crippen LogP contribution in [0.3, 0.4) is 0 Å². The van der Waals surface area contributed by atoms with Gasteiger partial charge in [0.1, 0.15) is 103 Å². The van der Waals surface area contributed by atoms with Crippen LogP contribution in [-0.2, 0) is 105 Å². The summed E-state index contributed by atoms with van der Waals surface area (Å²) in [4.78, 5) is 42.0. The molecule has 0 unspecified atom stereocenters. The first kappa shape index (κ1) is 70.8. The van der Waals surface area contributed by atoms with E-state index in [0.717, 1.165) is 12.7 Å². The number of rotatable bonds is 21. The molecule has 3 saturated carbocycles. The molecule has 0 bridgehead atoms. The number of hydrogen-bond donors (Lipinski definition) is 7. The second-order valence-corrected chi connectivity index (χ2v) is 29.9. The topological polar surface area (TPSA) is 484 Å². The van der Waals surface area contributed by atoms with Gasteiger partial charge in [-0.25, -0.2) is 25.3 Å². The monoisotopic (exact) mass is 1340 g/mol. The van der Waals surface area contributed by atoms with Crippen LogP contribution < -0.4 is 0 Å². The summed E-state index contributed by atoms with van der Waals surface area (Å²) in [7, 11) is -15.4. The summed E-state index contributed by atoms with van der Waals surface area (Å²) < 4.78 is 176. The molecule has 35 heteroatoms. The summed E-state index contributed by atoms with van der Waals surface area (Å²) in [5.41, 5.74) is -3.54. The Morgan fingerprint density at radius 1 is 0.685 bits per heavy atom. The number of carbonyl (C=O) groups excluding carboxylic acids is 3. The fraction of sp³-hybridized carbons (Fsp3) is 0.907. The number of carbonyl (C=O) groups is 3. The highest BCUT2D eigenvalue weighted by Crippen LogP contribution is 2.75. The Morgan fingerprint density at radius 3 is 1.82 bits per heavy atom. The van der Waals surface area contributed by atoms with E-state index in [1.807, 2.05) is 34.6 Å². The molecule has 5 aliphatic heterocycles. The minimum Gasteiger partial charge on any atom is -0.726 e. The first-order valence-corrected chi connectivity index (χ1v) is 33.4. The van der Waals surface area contributed by atoms with Gasteiger partial charge in [0.25, 0.3) is 0 Å². The SMILES string of the molecule is CO[C@@H]1[C@@H](O)[C@H](O[C@@H]2[C@@H](O)[C@H](O[C@H]3[C@H](O)[C@@H](O)[C@H](O[C@H]4[C@H](O[C@H]5CC[C@]6(C)[C@@H]7CC[C@]89C(=O)O[C@@](C)(CC(=O)CC(C)C)[C@H]8C(=O)C[C@@]9(C)C7=CC[C@H]6C5(C)C)OC[C@@H](OS(=O)(=O)[O-])[C@@H]4O)O[C@@H]3C)O[C@H](COS(=O)(=O)[O-])[C@H]2O)O[C@H](COS(=O)(=O)[O-])[C@H]1O. The molecular formula is C54H81O32S3-3. The van der Waals surface area contributed by atoms with Crippen molar-refractivity contribution in [2.75, 3.05) is 26.9 Å². The Morgan fingerprint density at radius 2 is 1.25 bits per heavy atom.